The van der Waals surface area contributed by atoms with E-state index < -0.39 is 0 Å². The number of nitrogens with one attached hydrogen (secondary N) is 1. The standard InChI is InChI=1S/C16H16FN3/c1-11-15-9-14(7-8-16(15)20(2)19-11)18-10-12-3-5-13(17)6-4-12/h3-9,18H,10H2,1-2H3. The van der Waals surface area contributed by atoms with Crippen LogP contribution in [0.4, 0.5) is 10.1 Å². The van der Waals surface area contributed by atoms with E-state index in [1.165, 1.54) is 12.1 Å². The van der Waals surface area contributed by atoms with E-state index >= 15 is 0 Å². The Morgan fingerprint density at radius 2 is 1.90 bits per heavy atom. The molecule has 0 unspecified atom stereocenters. The third-order valence-corrected chi connectivity index (χ3v) is 3.44. The van der Waals surface area contributed by atoms with E-state index in [9.17, 15) is 4.39 Å². The molecule has 0 bridgehead atoms. The molecule has 1 heterocycles. The molecular formula is C16H16FN3. The van der Waals surface area contributed by atoms with Gasteiger partial charge in [-0.2, -0.15) is 5.10 Å². The predicted molar refractivity (Wildman–Crippen MR) is 79.2 cm³/mol. The molecule has 20 heavy (non-hydrogen) atoms. The first-order valence-electron chi connectivity index (χ1n) is 6.55. The molecule has 1 N–H and O–H groups in total. The highest BCUT2D eigenvalue weighted by Gasteiger charge is 2.05. The van der Waals surface area contributed by atoms with Gasteiger partial charge in [0.15, 0.2) is 0 Å². The van der Waals surface area contributed by atoms with Crippen molar-refractivity contribution in [3.8, 4) is 0 Å². The minimum atomic E-state index is -0.207. The highest BCUT2D eigenvalue weighted by Crippen LogP contribution is 2.22. The lowest BCUT2D eigenvalue weighted by Gasteiger charge is -2.07. The van der Waals surface area contributed by atoms with E-state index in [1.807, 2.05) is 24.7 Å². The van der Waals surface area contributed by atoms with Crippen LogP contribution >= 0.6 is 0 Å². The summed E-state index contributed by atoms with van der Waals surface area (Å²) in [6.45, 7) is 2.68. The summed E-state index contributed by atoms with van der Waals surface area (Å²) in [5.41, 5.74) is 4.23. The van der Waals surface area contributed by atoms with Crippen molar-refractivity contribution in [3.05, 3.63) is 59.5 Å². The molecule has 0 fully saturated rings. The van der Waals surface area contributed by atoms with Gasteiger partial charge in [-0.15, -0.1) is 0 Å². The maximum absolute atomic E-state index is 12.8. The van der Waals surface area contributed by atoms with Gasteiger partial charge in [0.25, 0.3) is 0 Å². The van der Waals surface area contributed by atoms with Crippen molar-refractivity contribution in [1.29, 1.82) is 0 Å². The molecular weight excluding hydrogens is 253 g/mol. The minimum Gasteiger partial charge on any atom is -0.381 e. The number of fused-ring (bicyclic) bond motifs is 1. The Balaban J connectivity index is 1.80. The van der Waals surface area contributed by atoms with Crippen LogP contribution in [0.2, 0.25) is 0 Å². The van der Waals surface area contributed by atoms with Crippen molar-refractivity contribution in [2.45, 2.75) is 13.5 Å². The van der Waals surface area contributed by atoms with E-state index in [0.717, 1.165) is 27.8 Å². The van der Waals surface area contributed by atoms with Crippen LogP contribution in [0.5, 0.6) is 0 Å². The molecule has 0 radical (unpaired) electrons. The van der Waals surface area contributed by atoms with E-state index in [4.69, 9.17) is 0 Å². The number of nitrogens with zero attached hydrogens (tertiary/aromatic N) is 2. The Bertz CT molecular complexity index is 744. The van der Waals surface area contributed by atoms with Crippen LogP contribution in [-0.2, 0) is 13.6 Å². The van der Waals surface area contributed by atoms with Gasteiger partial charge < -0.3 is 5.32 Å². The largest absolute Gasteiger partial charge is 0.381 e. The topological polar surface area (TPSA) is 29.9 Å². The number of aromatic nitrogens is 2. The first-order valence-corrected chi connectivity index (χ1v) is 6.55. The summed E-state index contributed by atoms with van der Waals surface area (Å²) in [5, 5.41) is 8.91. The Morgan fingerprint density at radius 3 is 2.65 bits per heavy atom. The van der Waals surface area contributed by atoms with Gasteiger partial charge in [-0.3, -0.25) is 4.68 Å². The highest BCUT2D eigenvalue weighted by atomic mass is 19.1. The molecule has 0 saturated heterocycles. The average molecular weight is 269 g/mol. The summed E-state index contributed by atoms with van der Waals surface area (Å²) in [7, 11) is 1.95. The van der Waals surface area contributed by atoms with Crippen LogP contribution in [0.3, 0.4) is 0 Å². The van der Waals surface area contributed by atoms with Crippen molar-refractivity contribution < 1.29 is 4.39 Å². The molecule has 4 heteroatoms. The van der Waals surface area contributed by atoms with Crippen LogP contribution in [0, 0.1) is 12.7 Å². The third-order valence-electron chi connectivity index (χ3n) is 3.44. The monoisotopic (exact) mass is 269 g/mol. The number of benzene rings is 2. The Morgan fingerprint density at radius 1 is 1.15 bits per heavy atom. The van der Waals surface area contributed by atoms with Gasteiger partial charge in [0.05, 0.1) is 11.2 Å². The molecule has 0 spiro atoms. The molecule has 1 aromatic heterocycles. The average Bonchev–Trinajstić information content (AvgIpc) is 2.73. The maximum Gasteiger partial charge on any atom is 0.123 e. The van der Waals surface area contributed by atoms with Crippen LogP contribution in [0.15, 0.2) is 42.5 Å². The summed E-state index contributed by atoms with van der Waals surface area (Å²) < 4.78 is 14.7. The second kappa shape index (κ2) is 4.96. The fourth-order valence-corrected chi connectivity index (χ4v) is 2.36. The summed E-state index contributed by atoms with van der Waals surface area (Å²) in [4.78, 5) is 0. The molecule has 0 aliphatic heterocycles. The van der Waals surface area contributed by atoms with Gasteiger partial charge in [0.1, 0.15) is 5.82 Å². The maximum atomic E-state index is 12.8. The van der Waals surface area contributed by atoms with Gasteiger partial charge in [0.2, 0.25) is 0 Å². The van der Waals surface area contributed by atoms with Crippen molar-refractivity contribution in [3.63, 3.8) is 0 Å². The molecule has 0 aliphatic carbocycles. The SMILES string of the molecule is Cc1nn(C)c2ccc(NCc3ccc(F)cc3)cc12. The molecule has 102 valence electrons. The number of rotatable bonds is 3. The summed E-state index contributed by atoms with van der Waals surface area (Å²) in [6, 6.07) is 12.7. The van der Waals surface area contributed by atoms with Crippen LogP contribution in [-0.4, -0.2) is 9.78 Å². The Kier molecular flexibility index (Phi) is 3.14. The van der Waals surface area contributed by atoms with Gasteiger partial charge in [-0.1, -0.05) is 12.1 Å². The zero-order valence-electron chi connectivity index (χ0n) is 11.5. The number of aryl methyl sites for hydroxylation is 2. The lowest BCUT2D eigenvalue weighted by atomic mass is 10.2. The number of anilines is 1. The zero-order valence-corrected chi connectivity index (χ0v) is 11.5. The lowest BCUT2D eigenvalue weighted by Crippen LogP contribution is -1.99. The van der Waals surface area contributed by atoms with E-state index in [1.54, 1.807) is 12.1 Å². The molecule has 0 atom stereocenters. The Hall–Kier alpha value is -2.36. The first kappa shape index (κ1) is 12.7. The van der Waals surface area contributed by atoms with Crippen molar-refractivity contribution >= 4 is 16.6 Å². The number of hydrogen-bond acceptors (Lipinski definition) is 2. The normalized spacial score (nSPS) is 10.9. The van der Waals surface area contributed by atoms with Crippen LogP contribution in [0.25, 0.3) is 10.9 Å². The van der Waals surface area contributed by atoms with Crippen LogP contribution in [0.1, 0.15) is 11.3 Å². The number of halogens is 1. The van der Waals surface area contributed by atoms with Crippen LogP contribution < -0.4 is 5.32 Å². The fourth-order valence-electron chi connectivity index (χ4n) is 2.36. The molecule has 3 aromatic rings. The number of hydrogen-bond donors (Lipinski definition) is 1. The van der Waals surface area contributed by atoms with Crippen molar-refractivity contribution in [1.82, 2.24) is 9.78 Å². The summed E-state index contributed by atoms with van der Waals surface area (Å²) in [5.74, 6) is -0.207. The van der Waals surface area contributed by atoms with Crippen molar-refractivity contribution in [2.75, 3.05) is 5.32 Å². The smallest absolute Gasteiger partial charge is 0.123 e. The van der Waals surface area contributed by atoms with Crippen molar-refractivity contribution in [2.24, 2.45) is 7.05 Å². The predicted octanol–water partition coefficient (Wildman–Crippen LogP) is 3.63. The van der Waals surface area contributed by atoms with E-state index in [0.29, 0.717) is 6.54 Å². The summed E-state index contributed by atoms with van der Waals surface area (Å²) >= 11 is 0. The third kappa shape index (κ3) is 2.37. The van der Waals surface area contributed by atoms with E-state index in [-0.39, 0.29) is 5.82 Å². The molecule has 3 rings (SSSR count). The molecule has 3 nitrogen and oxygen atoms in total. The van der Waals surface area contributed by atoms with Gasteiger partial charge >= 0.3 is 0 Å². The van der Waals surface area contributed by atoms with Gasteiger partial charge in [0, 0.05) is 24.7 Å². The molecule has 0 saturated carbocycles. The van der Waals surface area contributed by atoms with Gasteiger partial charge in [-0.05, 0) is 42.8 Å². The second-order valence-corrected chi connectivity index (χ2v) is 4.92. The molecule has 0 amide bonds. The zero-order chi connectivity index (χ0) is 14.1. The minimum absolute atomic E-state index is 0.207. The van der Waals surface area contributed by atoms with E-state index in [2.05, 4.69) is 22.5 Å². The quantitative estimate of drug-likeness (QED) is 0.786. The lowest BCUT2D eigenvalue weighted by molar-refractivity contribution is 0.627. The molecule has 0 aliphatic rings. The Labute approximate surface area is 117 Å². The highest BCUT2D eigenvalue weighted by molar-refractivity contribution is 5.85. The molecule has 2 aromatic carbocycles. The first-order chi connectivity index (χ1) is 9.63. The second-order valence-electron chi connectivity index (χ2n) is 4.92. The summed E-state index contributed by atoms with van der Waals surface area (Å²) in [6.07, 6.45) is 0. The van der Waals surface area contributed by atoms with Gasteiger partial charge in [-0.25, -0.2) is 4.39 Å². The fraction of sp³-hybridized carbons (Fsp3) is 0.188.